The molecule has 212 valence electrons. The maximum atomic E-state index is 16.7. The number of halogens is 3. The van der Waals surface area contributed by atoms with E-state index in [9.17, 15) is 9.65 Å². The van der Waals surface area contributed by atoms with E-state index in [-0.39, 0.29) is 54.4 Å². The molecular formula is C29H28ClF2N7OS. The summed E-state index contributed by atoms with van der Waals surface area (Å²) in [5.74, 6) is -0.176. The molecular weight excluding hydrogens is 568 g/mol. The van der Waals surface area contributed by atoms with E-state index >= 15 is 4.39 Å². The smallest absolute Gasteiger partial charge is 0.319 e. The molecule has 3 N–H and O–H groups in total. The first-order valence-corrected chi connectivity index (χ1v) is 14.9. The summed E-state index contributed by atoms with van der Waals surface area (Å²) < 4.78 is 37.7. The Kier molecular flexibility index (Phi) is 6.43. The van der Waals surface area contributed by atoms with Gasteiger partial charge in [-0.2, -0.15) is 15.2 Å². The second-order valence-electron chi connectivity index (χ2n) is 11.4. The van der Waals surface area contributed by atoms with Gasteiger partial charge in [0.2, 0.25) is 0 Å². The van der Waals surface area contributed by atoms with Crippen LogP contribution in [-0.4, -0.2) is 66.3 Å². The number of likely N-dealkylation sites (tertiary alicyclic amines) is 1. The van der Waals surface area contributed by atoms with Crippen LogP contribution in [0.1, 0.15) is 25.3 Å². The fourth-order valence-corrected chi connectivity index (χ4v) is 7.89. The average molecular weight is 596 g/mol. The molecule has 0 spiro atoms. The van der Waals surface area contributed by atoms with Crippen molar-refractivity contribution in [3.8, 4) is 23.2 Å². The Morgan fingerprint density at radius 3 is 2.66 bits per heavy atom. The average Bonchev–Trinajstić information content (AvgIpc) is 3.47. The lowest BCUT2D eigenvalue weighted by molar-refractivity contribution is 0.0159. The van der Waals surface area contributed by atoms with Gasteiger partial charge in [-0.05, 0) is 43.5 Å². The van der Waals surface area contributed by atoms with Crippen LogP contribution in [0.4, 0.5) is 19.6 Å². The SMILES string of the molecule is C[C@@H]1CN(C)[C@@H]1COc1nc(N2CC3CCC(C2)N3)c2cc(Cl)c(-c3ccc(F)c4sc(N)c(C#N)c34)c(F)c2n1. The lowest BCUT2D eigenvalue weighted by atomic mass is 9.92. The molecule has 0 radical (unpaired) electrons. The predicted molar refractivity (Wildman–Crippen MR) is 158 cm³/mol. The number of thiophene rings is 1. The summed E-state index contributed by atoms with van der Waals surface area (Å²) in [4.78, 5) is 13.7. The Hall–Kier alpha value is -3.30. The number of ether oxygens (including phenoxy) is 1. The number of fused-ring (bicyclic) bond motifs is 4. The van der Waals surface area contributed by atoms with Crippen molar-refractivity contribution in [3.63, 3.8) is 0 Å². The van der Waals surface area contributed by atoms with Crippen LogP contribution in [0.3, 0.4) is 0 Å². The van der Waals surface area contributed by atoms with Gasteiger partial charge in [-0.25, -0.2) is 8.78 Å². The maximum absolute atomic E-state index is 16.7. The molecule has 2 bridgehead atoms. The number of anilines is 2. The Labute approximate surface area is 244 Å². The van der Waals surface area contributed by atoms with Gasteiger partial charge in [-0.3, -0.25) is 4.90 Å². The van der Waals surface area contributed by atoms with Crippen LogP contribution < -0.4 is 20.7 Å². The van der Waals surface area contributed by atoms with Gasteiger partial charge in [-0.1, -0.05) is 24.6 Å². The van der Waals surface area contributed by atoms with Gasteiger partial charge >= 0.3 is 6.01 Å². The fourth-order valence-electron chi connectivity index (χ4n) is 6.65. The van der Waals surface area contributed by atoms with Crippen molar-refractivity contribution in [3.05, 3.63) is 40.4 Å². The van der Waals surface area contributed by atoms with Gasteiger partial charge in [0, 0.05) is 54.1 Å². The van der Waals surface area contributed by atoms with E-state index in [4.69, 9.17) is 27.1 Å². The Bertz CT molecular complexity index is 1740. The lowest BCUT2D eigenvalue weighted by Crippen LogP contribution is -2.55. The van der Waals surface area contributed by atoms with E-state index in [0.29, 0.717) is 35.8 Å². The molecule has 0 aliphatic carbocycles. The molecule has 3 aliphatic heterocycles. The number of nitrogens with one attached hydrogen (secondary N) is 1. The molecule has 12 heteroatoms. The Balaban J connectivity index is 1.41. The largest absolute Gasteiger partial charge is 0.462 e. The van der Waals surface area contributed by atoms with Crippen molar-refractivity contribution in [2.45, 2.75) is 37.9 Å². The van der Waals surface area contributed by atoms with Gasteiger partial charge in [0.15, 0.2) is 5.82 Å². The second-order valence-corrected chi connectivity index (χ2v) is 12.8. The van der Waals surface area contributed by atoms with Crippen LogP contribution in [0, 0.1) is 28.9 Å². The van der Waals surface area contributed by atoms with Crippen molar-refractivity contribution < 1.29 is 13.5 Å². The first kappa shape index (κ1) is 26.6. The van der Waals surface area contributed by atoms with Gasteiger partial charge in [0.25, 0.3) is 0 Å². The number of piperazine rings is 1. The zero-order valence-electron chi connectivity index (χ0n) is 22.5. The highest BCUT2D eigenvalue weighted by molar-refractivity contribution is 7.23. The van der Waals surface area contributed by atoms with Crippen LogP contribution in [0.2, 0.25) is 5.02 Å². The number of nitrogen functional groups attached to an aromatic ring is 1. The van der Waals surface area contributed by atoms with Crippen LogP contribution >= 0.6 is 22.9 Å². The number of hydrogen-bond acceptors (Lipinski definition) is 9. The van der Waals surface area contributed by atoms with E-state index < -0.39 is 11.6 Å². The minimum Gasteiger partial charge on any atom is -0.462 e. The summed E-state index contributed by atoms with van der Waals surface area (Å²) in [7, 11) is 2.04. The van der Waals surface area contributed by atoms with E-state index in [0.717, 1.165) is 43.8 Å². The maximum Gasteiger partial charge on any atom is 0.319 e. The van der Waals surface area contributed by atoms with Crippen molar-refractivity contribution in [2.75, 3.05) is 43.9 Å². The molecule has 8 nitrogen and oxygen atoms in total. The number of nitrogens with zero attached hydrogens (tertiary/aromatic N) is 5. The number of benzene rings is 2. The van der Waals surface area contributed by atoms with Crippen LogP contribution in [0.5, 0.6) is 6.01 Å². The first-order chi connectivity index (χ1) is 19.7. The summed E-state index contributed by atoms with van der Waals surface area (Å²) in [6.45, 7) is 4.99. The standard InChI is InChI=1S/C29H28ClF2N7OS/c1-13-9-38(2)21(13)12-40-29-36-25-17(28(37-29)39-10-14-3-4-15(11-39)35-14)7-19(30)23(24(25)32)16-5-6-20(31)26-22(16)18(8-33)27(34)41-26/h5-7,13-15,21,35H,3-4,9-12,34H2,1-2H3/t13-,14?,15?,21-/m1/s1. The van der Waals surface area contributed by atoms with Crippen molar-refractivity contribution in [1.82, 2.24) is 20.2 Å². The summed E-state index contributed by atoms with van der Waals surface area (Å²) >= 11 is 7.75. The Morgan fingerprint density at radius 2 is 1.98 bits per heavy atom. The van der Waals surface area contributed by atoms with Gasteiger partial charge in [0.1, 0.15) is 34.8 Å². The molecule has 2 aromatic carbocycles. The minimum absolute atomic E-state index is 0.0294. The molecule has 2 aromatic heterocycles. The molecule has 3 aliphatic rings. The molecule has 5 heterocycles. The normalized spacial score (nSPS) is 24.1. The minimum atomic E-state index is -0.685. The molecule has 4 aromatic rings. The van der Waals surface area contributed by atoms with Crippen molar-refractivity contribution in [2.24, 2.45) is 5.92 Å². The fraction of sp³-hybridized carbons (Fsp3) is 0.414. The molecule has 3 fully saturated rings. The molecule has 3 saturated heterocycles. The summed E-state index contributed by atoms with van der Waals surface area (Å²) in [5, 5.41) is 14.4. The summed E-state index contributed by atoms with van der Waals surface area (Å²) in [6.07, 6.45) is 2.15. The highest BCUT2D eigenvalue weighted by Crippen LogP contribution is 2.46. The Morgan fingerprint density at radius 1 is 1.22 bits per heavy atom. The van der Waals surface area contributed by atoms with E-state index in [1.165, 1.54) is 12.1 Å². The van der Waals surface area contributed by atoms with E-state index in [1.54, 1.807) is 6.07 Å². The molecule has 2 unspecified atom stereocenters. The number of hydrogen-bond donors (Lipinski definition) is 2. The van der Waals surface area contributed by atoms with Crippen LogP contribution in [-0.2, 0) is 0 Å². The van der Waals surface area contributed by atoms with E-state index in [2.05, 4.69) is 27.0 Å². The zero-order valence-corrected chi connectivity index (χ0v) is 24.1. The third-order valence-corrected chi connectivity index (χ3v) is 10.1. The molecule has 0 amide bonds. The number of nitriles is 1. The van der Waals surface area contributed by atoms with Crippen molar-refractivity contribution >= 4 is 54.7 Å². The predicted octanol–water partition coefficient (Wildman–Crippen LogP) is 5.17. The summed E-state index contributed by atoms with van der Waals surface area (Å²) in [6, 6.07) is 7.35. The number of nitrogens with two attached hydrogens (primary N) is 1. The second kappa shape index (κ2) is 9.91. The number of aromatic nitrogens is 2. The lowest BCUT2D eigenvalue weighted by Gasteiger charge is -2.43. The topological polar surface area (TPSA) is 103 Å². The van der Waals surface area contributed by atoms with Gasteiger partial charge in [0.05, 0.1) is 15.3 Å². The number of likely N-dealkylation sites (N-methyl/N-ethyl adjacent to an activating group) is 1. The molecule has 41 heavy (non-hydrogen) atoms. The summed E-state index contributed by atoms with van der Waals surface area (Å²) in [5.41, 5.74) is 6.51. The van der Waals surface area contributed by atoms with Crippen LogP contribution in [0.15, 0.2) is 18.2 Å². The number of rotatable bonds is 5. The van der Waals surface area contributed by atoms with Gasteiger partial charge < -0.3 is 20.7 Å². The zero-order chi connectivity index (χ0) is 28.6. The highest BCUT2D eigenvalue weighted by atomic mass is 35.5. The van der Waals surface area contributed by atoms with Gasteiger partial charge in [-0.15, -0.1) is 11.3 Å². The van der Waals surface area contributed by atoms with Crippen LogP contribution in [0.25, 0.3) is 32.1 Å². The first-order valence-electron chi connectivity index (χ1n) is 13.7. The third-order valence-electron chi connectivity index (χ3n) is 8.74. The highest BCUT2D eigenvalue weighted by Gasteiger charge is 2.36. The third kappa shape index (κ3) is 4.27. The van der Waals surface area contributed by atoms with E-state index in [1.807, 2.05) is 13.1 Å². The molecule has 7 rings (SSSR count). The molecule has 0 saturated carbocycles. The molecule has 4 atom stereocenters. The van der Waals surface area contributed by atoms with Crippen molar-refractivity contribution in [1.29, 1.82) is 5.26 Å². The quantitative estimate of drug-likeness (QED) is 0.326. The monoisotopic (exact) mass is 595 g/mol.